The predicted octanol–water partition coefficient (Wildman–Crippen LogP) is 2.01. The summed E-state index contributed by atoms with van der Waals surface area (Å²) in [4.78, 5) is 14.1. The van der Waals surface area contributed by atoms with Crippen LogP contribution in [0, 0.1) is 5.92 Å². The molecule has 106 valence electrons. The Morgan fingerprint density at radius 1 is 1.37 bits per heavy atom. The highest BCUT2D eigenvalue weighted by molar-refractivity contribution is 7.15. The lowest BCUT2D eigenvalue weighted by Gasteiger charge is -2.39. The quantitative estimate of drug-likeness (QED) is 0.921. The first-order valence-corrected chi connectivity index (χ1v) is 7.48. The maximum absolute atomic E-state index is 12.0. The van der Waals surface area contributed by atoms with E-state index < -0.39 is 0 Å². The summed E-state index contributed by atoms with van der Waals surface area (Å²) in [6.45, 7) is 11.7. The van der Waals surface area contributed by atoms with Crippen LogP contribution >= 0.6 is 11.3 Å². The molecule has 1 saturated heterocycles. The average Bonchev–Trinajstić information content (AvgIpc) is 2.61. The van der Waals surface area contributed by atoms with Gasteiger partial charge in [-0.05, 0) is 20.8 Å². The third-order valence-electron chi connectivity index (χ3n) is 2.94. The van der Waals surface area contributed by atoms with Gasteiger partial charge in [0.2, 0.25) is 11.0 Å². The van der Waals surface area contributed by atoms with Crippen molar-refractivity contribution in [2.75, 3.05) is 18.0 Å². The van der Waals surface area contributed by atoms with E-state index in [4.69, 9.17) is 0 Å². The Bertz CT molecular complexity index is 457. The molecule has 1 fully saturated rings. The Morgan fingerprint density at radius 2 is 2.00 bits per heavy atom. The van der Waals surface area contributed by atoms with Crippen LogP contribution in [0.2, 0.25) is 0 Å². The number of rotatable bonds is 3. The maximum Gasteiger partial charge on any atom is 0.227 e. The lowest BCUT2D eigenvalue weighted by molar-refractivity contribution is -0.127. The SMILES string of the molecule is CC(C)c1nnc(N2CC(C(=O)NC(C)(C)C)C2)s1. The zero-order valence-electron chi connectivity index (χ0n) is 12.2. The summed E-state index contributed by atoms with van der Waals surface area (Å²) in [6, 6.07) is 0. The monoisotopic (exact) mass is 282 g/mol. The Labute approximate surface area is 118 Å². The van der Waals surface area contributed by atoms with Crippen molar-refractivity contribution in [2.24, 2.45) is 5.92 Å². The first kappa shape index (κ1) is 14.2. The summed E-state index contributed by atoms with van der Waals surface area (Å²) in [5.74, 6) is 0.621. The lowest BCUT2D eigenvalue weighted by atomic mass is 9.98. The number of hydrogen-bond acceptors (Lipinski definition) is 5. The van der Waals surface area contributed by atoms with Gasteiger partial charge in [-0.1, -0.05) is 25.2 Å². The molecule has 6 heteroatoms. The number of anilines is 1. The highest BCUT2D eigenvalue weighted by Crippen LogP contribution is 2.30. The Kier molecular flexibility index (Phi) is 3.80. The molecule has 1 aliphatic rings. The van der Waals surface area contributed by atoms with Gasteiger partial charge in [-0.3, -0.25) is 4.79 Å². The second kappa shape index (κ2) is 5.07. The zero-order valence-corrected chi connectivity index (χ0v) is 13.0. The van der Waals surface area contributed by atoms with E-state index in [2.05, 4.69) is 34.3 Å². The minimum Gasteiger partial charge on any atom is -0.351 e. The second-order valence-electron chi connectivity index (χ2n) is 6.42. The van der Waals surface area contributed by atoms with Gasteiger partial charge in [0.15, 0.2) is 0 Å². The normalized spacial score (nSPS) is 16.6. The van der Waals surface area contributed by atoms with Gasteiger partial charge in [0.1, 0.15) is 5.01 Å². The summed E-state index contributed by atoms with van der Waals surface area (Å²) >= 11 is 1.62. The van der Waals surface area contributed by atoms with E-state index in [1.54, 1.807) is 11.3 Å². The summed E-state index contributed by atoms with van der Waals surface area (Å²) in [5, 5.41) is 13.4. The molecule has 0 radical (unpaired) electrons. The van der Waals surface area contributed by atoms with Crippen molar-refractivity contribution in [1.29, 1.82) is 0 Å². The molecule has 1 N–H and O–H groups in total. The third kappa shape index (κ3) is 3.43. The third-order valence-corrected chi connectivity index (χ3v) is 4.23. The fourth-order valence-electron chi connectivity index (χ4n) is 1.86. The molecule has 0 atom stereocenters. The summed E-state index contributed by atoms with van der Waals surface area (Å²) in [5.41, 5.74) is -0.162. The van der Waals surface area contributed by atoms with Gasteiger partial charge in [0.25, 0.3) is 0 Å². The number of amides is 1. The van der Waals surface area contributed by atoms with Crippen LogP contribution in [0.15, 0.2) is 0 Å². The fraction of sp³-hybridized carbons (Fsp3) is 0.769. The molecule has 0 aliphatic carbocycles. The van der Waals surface area contributed by atoms with Crippen molar-refractivity contribution < 1.29 is 4.79 Å². The molecule has 2 heterocycles. The smallest absolute Gasteiger partial charge is 0.227 e. The maximum atomic E-state index is 12.0. The Morgan fingerprint density at radius 3 is 2.47 bits per heavy atom. The minimum absolute atomic E-state index is 0.0747. The van der Waals surface area contributed by atoms with E-state index in [1.165, 1.54) is 0 Å². The summed E-state index contributed by atoms with van der Waals surface area (Å²) in [7, 11) is 0. The van der Waals surface area contributed by atoms with Gasteiger partial charge >= 0.3 is 0 Å². The van der Waals surface area contributed by atoms with Gasteiger partial charge in [-0.15, -0.1) is 10.2 Å². The van der Waals surface area contributed by atoms with Gasteiger partial charge < -0.3 is 10.2 Å². The van der Waals surface area contributed by atoms with Crippen LogP contribution < -0.4 is 10.2 Å². The Hall–Kier alpha value is -1.17. The number of hydrogen-bond donors (Lipinski definition) is 1. The van der Waals surface area contributed by atoms with Crippen LogP contribution in [0.5, 0.6) is 0 Å². The number of carbonyl (C=O) groups is 1. The largest absolute Gasteiger partial charge is 0.351 e. The van der Waals surface area contributed by atoms with Crippen LogP contribution in [0.25, 0.3) is 0 Å². The molecule has 0 bridgehead atoms. The number of nitrogens with one attached hydrogen (secondary N) is 1. The van der Waals surface area contributed by atoms with Crippen LogP contribution in [-0.2, 0) is 4.79 Å². The van der Waals surface area contributed by atoms with Gasteiger partial charge in [-0.25, -0.2) is 0 Å². The van der Waals surface area contributed by atoms with E-state index in [-0.39, 0.29) is 17.4 Å². The van der Waals surface area contributed by atoms with Crippen LogP contribution in [-0.4, -0.2) is 34.7 Å². The van der Waals surface area contributed by atoms with Crippen molar-refractivity contribution in [3.05, 3.63) is 5.01 Å². The van der Waals surface area contributed by atoms with Crippen LogP contribution in [0.4, 0.5) is 5.13 Å². The molecule has 1 aliphatic heterocycles. The van der Waals surface area contributed by atoms with E-state index in [0.717, 1.165) is 23.2 Å². The van der Waals surface area contributed by atoms with E-state index >= 15 is 0 Å². The zero-order chi connectivity index (χ0) is 14.2. The molecule has 1 aromatic rings. The van der Waals surface area contributed by atoms with Gasteiger partial charge in [0.05, 0.1) is 5.92 Å². The molecule has 1 aromatic heterocycles. The standard InChI is InChI=1S/C13H22N4OS/c1-8(2)11-15-16-12(19-11)17-6-9(7-17)10(18)14-13(3,4)5/h8-9H,6-7H2,1-5H3,(H,14,18). The minimum atomic E-state index is -0.162. The van der Waals surface area contributed by atoms with Gasteiger partial charge in [0, 0.05) is 24.5 Å². The molecule has 0 aromatic carbocycles. The van der Waals surface area contributed by atoms with E-state index in [0.29, 0.717) is 5.92 Å². The molecule has 0 unspecified atom stereocenters. The van der Waals surface area contributed by atoms with Crippen LogP contribution in [0.3, 0.4) is 0 Å². The topological polar surface area (TPSA) is 58.1 Å². The van der Waals surface area contributed by atoms with Crippen molar-refractivity contribution in [2.45, 2.75) is 46.1 Å². The van der Waals surface area contributed by atoms with Gasteiger partial charge in [-0.2, -0.15) is 0 Å². The molecule has 19 heavy (non-hydrogen) atoms. The molecule has 1 amide bonds. The first-order valence-electron chi connectivity index (χ1n) is 6.66. The highest BCUT2D eigenvalue weighted by Gasteiger charge is 2.35. The van der Waals surface area contributed by atoms with Crippen molar-refractivity contribution in [1.82, 2.24) is 15.5 Å². The van der Waals surface area contributed by atoms with E-state index in [9.17, 15) is 4.79 Å². The second-order valence-corrected chi connectivity index (χ2v) is 7.41. The van der Waals surface area contributed by atoms with Crippen molar-refractivity contribution >= 4 is 22.4 Å². The summed E-state index contributed by atoms with van der Waals surface area (Å²) in [6.07, 6.45) is 0. The average molecular weight is 282 g/mol. The number of aromatic nitrogens is 2. The lowest BCUT2D eigenvalue weighted by Crippen LogP contribution is -2.56. The number of nitrogens with zero attached hydrogens (tertiary/aromatic N) is 3. The predicted molar refractivity (Wildman–Crippen MR) is 77.6 cm³/mol. The molecular weight excluding hydrogens is 260 g/mol. The molecule has 5 nitrogen and oxygen atoms in total. The summed E-state index contributed by atoms with van der Waals surface area (Å²) < 4.78 is 0. The first-order chi connectivity index (χ1) is 8.76. The fourth-order valence-corrected chi connectivity index (χ4v) is 2.72. The molecule has 0 spiro atoms. The molecular formula is C13H22N4OS. The van der Waals surface area contributed by atoms with Crippen molar-refractivity contribution in [3.8, 4) is 0 Å². The van der Waals surface area contributed by atoms with Crippen molar-refractivity contribution in [3.63, 3.8) is 0 Å². The van der Waals surface area contributed by atoms with Crippen LogP contribution in [0.1, 0.15) is 45.5 Å². The highest BCUT2D eigenvalue weighted by atomic mass is 32.1. The molecule has 0 saturated carbocycles. The number of carbonyl (C=O) groups excluding carboxylic acids is 1. The van der Waals surface area contributed by atoms with E-state index in [1.807, 2.05) is 20.8 Å². The Balaban J connectivity index is 1.87. The molecule has 2 rings (SSSR count).